The van der Waals surface area contributed by atoms with E-state index >= 15 is 0 Å². The molecule has 0 radical (unpaired) electrons. The van der Waals surface area contributed by atoms with Gasteiger partial charge < -0.3 is 15.3 Å². The third-order valence-electron chi connectivity index (χ3n) is 3.57. The number of halogens is 1. The van der Waals surface area contributed by atoms with Gasteiger partial charge in [-0.1, -0.05) is 12.1 Å². The van der Waals surface area contributed by atoms with Crippen LogP contribution in [-0.2, 0) is 4.79 Å². The summed E-state index contributed by atoms with van der Waals surface area (Å²) in [5, 5.41) is 12.3. The molecule has 1 aromatic carbocycles. The minimum absolute atomic E-state index is 0.267. The van der Waals surface area contributed by atoms with E-state index in [-0.39, 0.29) is 5.82 Å². The summed E-state index contributed by atoms with van der Waals surface area (Å²) in [5.41, 5.74) is 0.533. The Labute approximate surface area is 118 Å². The van der Waals surface area contributed by atoms with Crippen LogP contribution in [-0.4, -0.2) is 36.2 Å². The molecule has 0 saturated heterocycles. The molecule has 1 atom stereocenters. The Bertz CT molecular complexity index is 463. The molecule has 5 heteroatoms. The molecule has 1 aromatic rings. The summed E-state index contributed by atoms with van der Waals surface area (Å²) in [7, 11) is 0. The molecule has 0 aliphatic heterocycles. The number of rotatable bonds is 8. The predicted molar refractivity (Wildman–Crippen MR) is 76.5 cm³/mol. The quantitative estimate of drug-likeness (QED) is 0.767. The molecule has 110 valence electrons. The summed E-state index contributed by atoms with van der Waals surface area (Å²) in [6.07, 6.45) is 2.57. The third kappa shape index (κ3) is 3.93. The fraction of sp³-hybridized carbons (Fsp3) is 0.533. The van der Waals surface area contributed by atoms with Crippen LogP contribution < -0.4 is 10.2 Å². The van der Waals surface area contributed by atoms with Crippen LogP contribution in [0.1, 0.15) is 26.2 Å². The Balaban J connectivity index is 1.95. The molecule has 0 bridgehead atoms. The second-order valence-corrected chi connectivity index (χ2v) is 5.15. The van der Waals surface area contributed by atoms with Gasteiger partial charge in [0, 0.05) is 19.1 Å². The van der Waals surface area contributed by atoms with Crippen molar-refractivity contribution in [2.75, 3.05) is 18.0 Å². The summed E-state index contributed by atoms with van der Waals surface area (Å²) in [6, 6.07) is 6.39. The van der Waals surface area contributed by atoms with Gasteiger partial charge >= 0.3 is 5.97 Å². The van der Waals surface area contributed by atoms with Crippen LogP contribution in [0.5, 0.6) is 0 Å². The smallest absolute Gasteiger partial charge is 0.320 e. The summed E-state index contributed by atoms with van der Waals surface area (Å²) in [6.45, 7) is 3.11. The Morgan fingerprint density at radius 1 is 1.50 bits per heavy atom. The number of carboxylic acid groups (broad SMARTS) is 1. The molecular formula is C15H21FN2O2. The van der Waals surface area contributed by atoms with Gasteiger partial charge in [0.25, 0.3) is 0 Å². The molecule has 1 unspecified atom stereocenters. The fourth-order valence-electron chi connectivity index (χ4n) is 2.25. The first-order valence-corrected chi connectivity index (χ1v) is 7.10. The second kappa shape index (κ2) is 6.70. The van der Waals surface area contributed by atoms with Gasteiger partial charge in [0.2, 0.25) is 0 Å². The van der Waals surface area contributed by atoms with Crippen molar-refractivity contribution in [3.05, 3.63) is 30.1 Å². The minimum Gasteiger partial charge on any atom is -0.480 e. The van der Waals surface area contributed by atoms with Gasteiger partial charge in [0.1, 0.15) is 11.9 Å². The molecule has 1 aliphatic rings. The van der Waals surface area contributed by atoms with E-state index in [4.69, 9.17) is 0 Å². The molecule has 2 N–H and O–H groups in total. The van der Waals surface area contributed by atoms with E-state index in [0.29, 0.717) is 31.2 Å². The van der Waals surface area contributed by atoms with Crippen LogP contribution in [0.2, 0.25) is 0 Å². The molecule has 0 amide bonds. The zero-order valence-electron chi connectivity index (χ0n) is 11.7. The van der Waals surface area contributed by atoms with Crippen LogP contribution in [0, 0.1) is 5.82 Å². The van der Waals surface area contributed by atoms with E-state index in [9.17, 15) is 14.3 Å². The number of carboxylic acids is 1. The van der Waals surface area contributed by atoms with Crippen LogP contribution in [0.25, 0.3) is 0 Å². The van der Waals surface area contributed by atoms with E-state index in [1.54, 1.807) is 18.2 Å². The van der Waals surface area contributed by atoms with Gasteiger partial charge in [-0.15, -0.1) is 0 Å². The van der Waals surface area contributed by atoms with Crippen molar-refractivity contribution < 1.29 is 14.3 Å². The monoisotopic (exact) mass is 280 g/mol. The van der Waals surface area contributed by atoms with Crippen molar-refractivity contribution in [1.29, 1.82) is 0 Å². The molecule has 2 rings (SSSR count). The van der Waals surface area contributed by atoms with Crippen molar-refractivity contribution >= 4 is 11.7 Å². The van der Waals surface area contributed by atoms with Crippen molar-refractivity contribution in [1.82, 2.24) is 5.32 Å². The lowest BCUT2D eigenvalue weighted by Crippen LogP contribution is -2.41. The van der Waals surface area contributed by atoms with Crippen LogP contribution in [0.3, 0.4) is 0 Å². The number of aliphatic carboxylic acids is 1. The van der Waals surface area contributed by atoms with E-state index < -0.39 is 12.0 Å². The Kier molecular flexibility index (Phi) is 4.95. The number of carbonyl (C=O) groups is 1. The third-order valence-corrected chi connectivity index (χ3v) is 3.57. The van der Waals surface area contributed by atoms with Gasteiger partial charge in [0.15, 0.2) is 0 Å². The normalized spacial score (nSPS) is 15.9. The lowest BCUT2D eigenvalue weighted by Gasteiger charge is -2.25. The maximum Gasteiger partial charge on any atom is 0.320 e. The fourth-order valence-corrected chi connectivity index (χ4v) is 2.25. The van der Waals surface area contributed by atoms with Gasteiger partial charge in [-0.2, -0.15) is 0 Å². The first-order valence-electron chi connectivity index (χ1n) is 7.10. The molecular weight excluding hydrogens is 259 g/mol. The molecule has 0 heterocycles. The molecule has 1 aliphatic carbocycles. The van der Waals surface area contributed by atoms with E-state index in [0.717, 1.165) is 12.8 Å². The average molecular weight is 280 g/mol. The molecule has 1 fully saturated rings. The zero-order valence-corrected chi connectivity index (χ0v) is 11.7. The van der Waals surface area contributed by atoms with Gasteiger partial charge in [-0.3, -0.25) is 4.79 Å². The van der Waals surface area contributed by atoms with Crippen molar-refractivity contribution in [2.45, 2.75) is 38.3 Å². The predicted octanol–water partition coefficient (Wildman–Crippen LogP) is 2.25. The minimum atomic E-state index is -0.832. The van der Waals surface area contributed by atoms with E-state index in [1.165, 1.54) is 6.07 Å². The SMILES string of the molecule is CCN(CCC(NC1CC1)C(=O)O)c1ccccc1F. The second-order valence-electron chi connectivity index (χ2n) is 5.15. The van der Waals surface area contributed by atoms with Crippen molar-refractivity contribution in [2.24, 2.45) is 0 Å². The van der Waals surface area contributed by atoms with Gasteiger partial charge in [-0.05, 0) is 38.3 Å². The van der Waals surface area contributed by atoms with Gasteiger partial charge in [0.05, 0.1) is 5.69 Å². The van der Waals surface area contributed by atoms with E-state index in [1.807, 2.05) is 11.8 Å². The highest BCUT2D eigenvalue weighted by atomic mass is 19.1. The highest BCUT2D eigenvalue weighted by molar-refractivity contribution is 5.73. The van der Waals surface area contributed by atoms with Crippen molar-refractivity contribution in [3.63, 3.8) is 0 Å². The largest absolute Gasteiger partial charge is 0.480 e. The standard InChI is InChI=1S/C15H21FN2O2/c1-2-18(14-6-4-3-5-12(14)16)10-9-13(15(19)20)17-11-7-8-11/h3-6,11,13,17H,2,7-10H2,1H3,(H,19,20). The summed E-state index contributed by atoms with van der Waals surface area (Å²) < 4.78 is 13.8. The highest BCUT2D eigenvalue weighted by Crippen LogP contribution is 2.21. The highest BCUT2D eigenvalue weighted by Gasteiger charge is 2.28. The molecule has 1 saturated carbocycles. The van der Waals surface area contributed by atoms with Crippen molar-refractivity contribution in [3.8, 4) is 0 Å². The number of hydrogen-bond acceptors (Lipinski definition) is 3. The number of benzene rings is 1. The number of hydrogen-bond donors (Lipinski definition) is 2. The zero-order chi connectivity index (χ0) is 14.5. The molecule has 20 heavy (non-hydrogen) atoms. The Hall–Kier alpha value is -1.62. The summed E-state index contributed by atoms with van der Waals surface area (Å²) in [4.78, 5) is 13.1. The Morgan fingerprint density at radius 3 is 2.75 bits per heavy atom. The lowest BCUT2D eigenvalue weighted by atomic mass is 10.1. The van der Waals surface area contributed by atoms with E-state index in [2.05, 4.69) is 5.32 Å². The van der Waals surface area contributed by atoms with Crippen LogP contribution >= 0.6 is 0 Å². The first kappa shape index (κ1) is 14.8. The number of para-hydroxylation sites is 1. The molecule has 4 nitrogen and oxygen atoms in total. The number of nitrogens with one attached hydrogen (secondary N) is 1. The summed E-state index contributed by atoms with van der Waals surface area (Å²) >= 11 is 0. The average Bonchev–Trinajstić information content (AvgIpc) is 3.23. The lowest BCUT2D eigenvalue weighted by molar-refractivity contribution is -0.139. The van der Waals surface area contributed by atoms with Gasteiger partial charge in [-0.25, -0.2) is 4.39 Å². The van der Waals surface area contributed by atoms with Crippen LogP contribution in [0.4, 0.5) is 10.1 Å². The number of nitrogens with zero attached hydrogens (tertiary/aromatic N) is 1. The Morgan fingerprint density at radius 2 is 2.20 bits per heavy atom. The molecule has 0 aromatic heterocycles. The van der Waals surface area contributed by atoms with Crippen LogP contribution in [0.15, 0.2) is 24.3 Å². The molecule has 0 spiro atoms. The topological polar surface area (TPSA) is 52.6 Å². The number of anilines is 1. The summed E-state index contributed by atoms with van der Waals surface area (Å²) in [5.74, 6) is -1.10. The maximum atomic E-state index is 13.8. The first-order chi connectivity index (χ1) is 9.61. The maximum absolute atomic E-state index is 13.8.